The minimum Gasteiger partial charge on any atom is -0.382 e. The Bertz CT molecular complexity index is 250. The molecule has 15 heavy (non-hydrogen) atoms. The molecule has 0 aliphatic carbocycles. The maximum Gasteiger partial charge on any atom is 0.472 e. The molecule has 0 spiro atoms. The molecule has 0 bridgehead atoms. The Morgan fingerprint density at radius 3 is 2.80 bits per heavy atom. The predicted molar refractivity (Wildman–Crippen MR) is 55.4 cm³/mol. The quantitative estimate of drug-likeness (QED) is 0.514. The summed E-state index contributed by atoms with van der Waals surface area (Å²) in [6, 6.07) is -0.00740. The van der Waals surface area contributed by atoms with Gasteiger partial charge in [-0.1, -0.05) is 0 Å². The SMILES string of the molecule is BC1CC(OP(=O)(O)OC)C(COC)O1. The van der Waals surface area contributed by atoms with Crippen LogP contribution in [0.2, 0.25) is 0 Å². The van der Waals surface area contributed by atoms with Gasteiger partial charge in [0, 0.05) is 20.2 Å². The van der Waals surface area contributed by atoms with E-state index in [-0.39, 0.29) is 12.1 Å². The van der Waals surface area contributed by atoms with E-state index in [2.05, 4.69) is 4.52 Å². The third-order valence-corrected chi connectivity index (χ3v) is 3.21. The summed E-state index contributed by atoms with van der Waals surface area (Å²) < 4.78 is 30.9. The Balaban J connectivity index is 2.55. The average molecular weight is 238 g/mol. The molecular weight excluding hydrogens is 222 g/mol. The van der Waals surface area contributed by atoms with Crippen LogP contribution in [-0.4, -0.2) is 51.8 Å². The smallest absolute Gasteiger partial charge is 0.382 e. The zero-order valence-electron chi connectivity index (χ0n) is 9.08. The zero-order chi connectivity index (χ0) is 11.5. The van der Waals surface area contributed by atoms with Crippen LogP contribution in [0.4, 0.5) is 0 Å². The third-order valence-electron chi connectivity index (χ3n) is 2.22. The summed E-state index contributed by atoms with van der Waals surface area (Å²) in [6.07, 6.45) is -0.224. The average Bonchev–Trinajstić information content (AvgIpc) is 2.47. The van der Waals surface area contributed by atoms with Crippen LogP contribution in [0.1, 0.15) is 6.42 Å². The lowest BCUT2D eigenvalue weighted by molar-refractivity contribution is -0.0183. The fraction of sp³-hybridized carbons (Fsp3) is 1.00. The summed E-state index contributed by atoms with van der Waals surface area (Å²) in [7, 11) is 0.601. The summed E-state index contributed by atoms with van der Waals surface area (Å²) in [5.74, 6) is 0. The highest BCUT2D eigenvalue weighted by Crippen LogP contribution is 2.46. The lowest BCUT2D eigenvalue weighted by Crippen LogP contribution is -2.28. The third kappa shape index (κ3) is 3.87. The first-order valence-electron chi connectivity index (χ1n) is 4.70. The number of ether oxygens (including phenoxy) is 2. The van der Waals surface area contributed by atoms with E-state index >= 15 is 0 Å². The largest absolute Gasteiger partial charge is 0.472 e. The number of phosphoric acid groups is 1. The zero-order valence-corrected chi connectivity index (χ0v) is 9.98. The first-order chi connectivity index (χ1) is 6.98. The fourth-order valence-corrected chi connectivity index (χ4v) is 2.21. The second-order valence-corrected chi connectivity index (χ2v) is 4.98. The monoisotopic (exact) mass is 238 g/mol. The Labute approximate surface area is 89.9 Å². The van der Waals surface area contributed by atoms with Crippen molar-refractivity contribution in [2.75, 3.05) is 20.8 Å². The van der Waals surface area contributed by atoms with E-state index in [4.69, 9.17) is 14.0 Å². The van der Waals surface area contributed by atoms with Gasteiger partial charge in [0.15, 0.2) is 0 Å². The summed E-state index contributed by atoms with van der Waals surface area (Å²) in [5.41, 5.74) is 0. The molecule has 0 amide bonds. The lowest BCUT2D eigenvalue weighted by atomic mass is 9.96. The van der Waals surface area contributed by atoms with Crippen LogP contribution in [0.5, 0.6) is 0 Å². The van der Waals surface area contributed by atoms with E-state index < -0.39 is 13.9 Å². The minimum atomic E-state index is -3.95. The highest BCUT2D eigenvalue weighted by Gasteiger charge is 2.38. The van der Waals surface area contributed by atoms with Crippen LogP contribution in [-0.2, 0) is 23.1 Å². The molecule has 1 aliphatic heterocycles. The highest BCUT2D eigenvalue weighted by molar-refractivity contribution is 7.47. The van der Waals surface area contributed by atoms with Crippen molar-refractivity contribution in [3.05, 3.63) is 0 Å². The fourth-order valence-electron chi connectivity index (χ4n) is 1.56. The molecule has 1 saturated heterocycles. The standard InChI is InChI=1S/C7H16BO6P/c1-11-4-6-5(3-7(8)13-6)14-15(9,10)12-2/h5-7H,3-4,8H2,1-2H3,(H,9,10). The second kappa shape index (κ2) is 5.43. The molecule has 4 atom stereocenters. The topological polar surface area (TPSA) is 74.2 Å². The molecule has 0 saturated carbocycles. The van der Waals surface area contributed by atoms with Gasteiger partial charge >= 0.3 is 7.82 Å². The van der Waals surface area contributed by atoms with Crippen LogP contribution in [0.3, 0.4) is 0 Å². The number of phosphoric ester groups is 1. The minimum absolute atomic E-state index is 0.00740. The Morgan fingerprint density at radius 2 is 2.27 bits per heavy atom. The summed E-state index contributed by atoms with van der Waals surface area (Å²) >= 11 is 0. The molecule has 0 aromatic heterocycles. The molecule has 1 heterocycles. The van der Waals surface area contributed by atoms with E-state index in [1.165, 1.54) is 7.11 Å². The van der Waals surface area contributed by atoms with Gasteiger partial charge in [0.2, 0.25) is 0 Å². The van der Waals surface area contributed by atoms with Gasteiger partial charge in [-0.2, -0.15) is 0 Å². The molecular formula is C7H16BO6P. The molecule has 1 fully saturated rings. The molecule has 1 aliphatic rings. The van der Waals surface area contributed by atoms with Gasteiger partial charge in [-0.25, -0.2) is 4.57 Å². The van der Waals surface area contributed by atoms with Crippen LogP contribution < -0.4 is 0 Å². The van der Waals surface area contributed by atoms with Crippen molar-refractivity contribution >= 4 is 15.7 Å². The molecule has 0 aromatic rings. The van der Waals surface area contributed by atoms with Crippen molar-refractivity contribution in [1.82, 2.24) is 0 Å². The molecule has 1 N–H and O–H groups in total. The van der Waals surface area contributed by atoms with Gasteiger partial charge in [-0.15, -0.1) is 0 Å². The van der Waals surface area contributed by atoms with Gasteiger partial charge in [-0.3, -0.25) is 9.05 Å². The van der Waals surface area contributed by atoms with Crippen LogP contribution in [0.15, 0.2) is 0 Å². The van der Waals surface area contributed by atoms with Crippen molar-refractivity contribution in [2.24, 2.45) is 0 Å². The van der Waals surface area contributed by atoms with Gasteiger partial charge in [0.1, 0.15) is 14.0 Å². The molecule has 6 nitrogen and oxygen atoms in total. The second-order valence-electron chi connectivity index (χ2n) is 3.47. The molecule has 4 unspecified atom stereocenters. The first kappa shape index (κ1) is 13.2. The van der Waals surface area contributed by atoms with Crippen molar-refractivity contribution in [2.45, 2.75) is 24.6 Å². The van der Waals surface area contributed by atoms with Crippen LogP contribution >= 0.6 is 7.82 Å². The molecule has 0 aromatic carbocycles. The van der Waals surface area contributed by atoms with Gasteiger partial charge in [0.25, 0.3) is 0 Å². The Morgan fingerprint density at radius 1 is 1.60 bits per heavy atom. The number of methoxy groups -OCH3 is 1. The van der Waals surface area contributed by atoms with Crippen LogP contribution in [0, 0.1) is 0 Å². The van der Waals surface area contributed by atoms with E-state index in [0.717, 1.165) is 7.11 Å². The summed E-state index contributed by atoms with van der Waals surface area (Å²) in [6.45, 7) is 0.332. The van der Waals surface area contributed by atoms with Gasteiger partial charge in [-0.05, 0) is 6.42 Å². The highest BCUT2D eigenvalue weighted by atomic mass is 31.2. The molecule has 0 radical (unpaired) electrons. The summed E-state index contributed by atoms with van der Waals surface area (Å²) in [5, 5.41) is 0. The number of rotatable bonds is 5. The number of hydrogen-bond acceptors (Lipinski definition) is 5. The molecule has 1 rings (SSSR count). The van der Waals surface area contributed by atoms with Crippen LogP contribution in [0.25, 0.3) is 0 Å². The van der Waals surface area contributed by atoms with Crippen molar-refractivity contribution in [3.8, 4) is 0 Å². The Hall–Kier alpha value is 0.0949. The predicted octanol–water partition coefficient (Wildman–Crippen LogP) is -0.487. The normalized spacial score (nSPS) is 35.3. The maximum absolute atomic E-state index is 11.2. The lowest BCUT2D eigenvalue weighted by Gasteiger charge is -2.19. The van der Waals surface area contributed by atoms with Crippen molar-refractivity contribution in [3.63, 3.8) is 0 Å². The van der Waals surface area contributed by atoms with E-state index in [1.807, 2.05) is 7.85 Å². The van der Waals surface area contributed by atoms with Gasteiger partial charge < -0.3 is 14.4 Å². The van der Waals surface area contributed by atoms with E-state index in [0.29, 0.717) is 13.0 Å². The molecule has 8 heteroatoms. The van der Waals surface area contributed by atoms with E-state index in [9.17, 15) is 9.46 Å². The first-order valence-corrected chi connectivity index (χ1v) is 6.19. The van der Waals surface area contributed by atoms with E-state index in [1.54, 1.807) is 0 Å². The van der Waals surface area contributed by atoms with Crippen molar-refractivity contribution < 1.29 is 28.0 Å². The Kier molecular flexibility index (Phi) is 4.77. The van der Waals surface area contributed by atoms with Gasteiger partial charge in [0.05, 0.1) is 12.7 Å². The summed E-state index contributed by atoms with van der Waals surface area (Å²) in [4.78, 5) is 9.17. The molecule has 88 valence electrons. The van der Waals surface area contributed by atoms with Crippen molar-refractivity contribution in [1.29, 1.82) is 0 Å². The number of hydrogen-bond donors (Lipinski definition) is 1. The maximum atomic E-state index is 11.2.